The number of carbonyl (C=O) groups excluding carboxylic acids is 1. The van der Waals surface area contributed by atoms with Crippen LogP contribution in [0, 0.1) is 13.8 Å². The molecule has 1 aliphatic rings. The molecule has 1 fully saturated rings. The van der Waals surface area contributed by atoms with E-state index in [0.29, 0.717) is 13.2 Å². The van der Waals surface area contributed by atoms with Gasteiger partial charge in [0.05, 0.1) is 26.2 Å². The standard InChI is InChI=1S/C16H24N2O2.ClH/c1-13-6-5-7-14(2)15(13)12-20-16(19)17-8-11-18-9-3-4-10-18;/h5-7H,3-4,8-12H2,1-2H3,(H,17,19);1H. The number of benzene rings is 1. The molecule has 1 heterocycles. The van der Waals surface area contributed by atoms with E-state index in [9.17, 15) is 4.79 Å². The van der Waals surface area contributed by atoms with Crippen LogP contribution in [0.15, 0.2) is 18.2 Å². The highest BCUT2D eigenvalue weighted by Gasteiger charge is 2.15. The molecule has 0 aromatic heterocycles. The molecule has 0 spiro atoms. The zero-order chi connectivity index (χ0) is 14.4. The fourth-order valence-corrected chi connectivity index (χ4v) is 2.73. The van der Waals surface area contributed by atoms with Crippen LogP contribution in [0.3, 0.4) is 0 Å². The van der Waals surface area contributed by atoms with Crippen LogP contribution in [-0.2, 0) is 11.3 Å². The van der Waals surface area contributed by atoms with Crippen molar-refractivity contribution in [3.63, 3.8) is 0 Å². The number of quaternary nitrogens is 1. The normalized spacial score (nSPS) is 14.6. The van der Waals surface area contributed by atoms with E-state index >= 15 is 0 Å². The first-order valence-corrected chi connectivity index (χ1v) is 7.46. The number of aryl methyl sites for hydroxylation is 2. The predicted octanol–water partition coefficient (Wildman–Crippen LogP) is -1.79. The summed E-state index contributed by atoms with van der Waals surface area (Å²) in [4.78, 5) is 13.3. The van der Waals surface area contributed by atoms with Gasteiger partial charge < -0.3 is 27.4 Å². The van der Waals surface area contributed by atoms with Gasteiger partial charge in [-0.25, -0.2) is 4.79 Å². The van der Waals surface area contributed by atoms with E-state index in [-0.39, 0.29) is 18.5 Å². The molecule has 0 radical (unpaired) electrons. The van der Waals surface area contributed by atoms with Gasteiger partial charge in [0.1, 0.15) is 6.61 Å². The third-order valence-electron chi connectivity index (χ3n) is 4.05. The van der Waals surface area contributed by atoms with Crippen LogP contribution < -0.4 is 22.6 Å². The second kappa shape index (κ2) is 8.90. The van der Waals surface area contributed by atoms with Gasteiger partial charge in [-0.15, -0.1) is 0 Å². The molecule has 1 saturated heterocycles. The second-order valence-corrected chi connectivity index (χ2v) is 5.58. The fourth-order valence-electron chi connectivity index (χ4n) is 2.73. The Balaban J connectivity index is 0.00000220. The molecular formula is C16H25ClN2O2. The highest BCUT2D eigenvalue weighted by Crippen LogP contribution is 2.14. The highest BCUT2D eigenvalue weighted by molar-refractivity contribution is 5.67. The minimum absolute atomic E-state index is 0. The maximum absolute atomic E-state index is 11.7. The molecule has 1 amide bonds. The lowest BCUT2D eigenvalue weighted by molar-refractivity contribution is -0.886. The summed E-state index contributed by atoms with van der Waals surface area (Å²) in [6.45, 7) is 8.60. The molecule has 118 valence electrons. The van der Waals surface area contributed by atoms with Crippen LogP contribution in [0.1, 0.15) is 29.5 Å². The quantitative estimate of drug-likeness (QED) is 0.675. The number of rotatable bonds is 5. The largest absolute Gasteiger partial charge is 1.00 e. The zero-order valence-corrected chi connectivity index (χ0v) is 13.6. The molecule has 0 aliphatic carbocycles. The van der Waals surface area contributed by atoms with Gasteiger partial charge in [-0.05, 0) is 30.5 Å². The van der Waals surface area contributed by atoms with Crippen LogP contribution in [0.2, 0.25) is 0 Å². The van der Waals surface area contributed by atoms with Gasteiger partial charge in [0.2, 0.25) is 0 Å². The molecule has 2 N–H and O–H groups in total. The van der Waals surface area contributed by atoms with E-state index in [1.807, 2.05) is 32.0 Å². The van der Waals surface area contributed by atoms with Crippen molar-refractivity contribution in [1.82, 2.24) is 5.32 Å². The van der Waals surface area contributed by atoms with Crippen molar-refractivity contribution >= 4 is 6.09 Å². The van der Waals surface area contributed by atoms with Crippen molar-refractivity contribution in [2.45, 2.75) is 33.3 Å². The minimum atomic E-state index is -0.314. The average Bonchev–Trinajstić information content (AvgIpc) is 2.91. The van der Waals surface area contributed by atoms with Crippen LogP contribution in [-0.4, -0.2) is 32.3 Å². The summed E-state index contributed by atoms with van der Waals surface area (Å²) in [6.07, 6.45) is 2.31. The number of nitrogens with one attached hydrogen (secondary N) is 2. The van der Waals surface area contributed by atoms with E-state index in [1.165, 1.54) is 37.1 Å². The van der Waals surface area contributed by atoms with Gasteiger partial charge >= 0.3 is 6.09 Å². The fraction of sp³-hybridized carbons (Fsp3) is 0.562. The number of halogens is 1. The highest BCUT2D eigenvalue weighted by atomic mass is 35.5. The lowest BCUT2D eigenvalue weighted by atomic mass is 10.0. The van der Waals surface area contributed by atoms with Crippen molar-refractivity contribution in [3.8, 4) is 0 Å². The summed E-state index contributed by atoms with van der Waals surface area (Å²) in [6, 6.07) is 6.10. The summed E-state index contributed by atoms with van der Waals surface area (Å²) in [7, 11) is 0. The van der Waals surface area contributed by atoms with Crippen molar-refractivity contribution in [3.05, 3.63) is 34.9 Å². The third kappa shape index (κ3) is 5.56. The smallest absolute Gasteiger partial charge is 0.407 e. The molecule has 0 bridgehead atoms. The average molecular weight is 313 g/mol. The first-order valence-electron chi connectivity index (χ1n) is 7.46. The Labute approximate surface area is 133 Å². The number of hydrogen-bond acceptors (Lipinski definition) is 2. The summed E-state index contributed by atoms with van der Waals surface area (Å²) in [5.41, 5.74) is 3.44. The van der Waals surface area contributed by atoms with E-state index in [1.54, 1.807) is 4.90 Å². The second-order valence-electron chi connectivity index (χ2n) is 5.58. The van der Waals surface area contributed by atoms with Gasteiger partial charge in [-0.3, -0.25) is 0 Å². The van der Waals surface area contributed by atoms with Gasteiger partial charge in [-0.1, -0.05) is 18.2 Å². The van der Waals surface area contributed by atoms with Crippen molar-refractivity contribution in [2.75, 3.05) is 26.2 Å². The summed E-state index contributed by atoms with van der Waals surface area (Å²) in [5, 5.41) is 2.84. The van der Waals surface area contributed by atoms with Crippen LogP contribution >= 0.6 is 0 Å². The van der Waals surface area contributed by atoms with E-state index in [2.05, 4.69) is 5.32 Å². The SMILES string of the molecule is Cc1cccc(C)c1COC(=O)NCC[NH+]1CCCC1.[Cl-]. The Hall–Kier alpha value is -1.26. The third-order valence-corrected chi connectivity index (χ3v) is 4.05. The molecular weight excluding hydrogens is 288 g/mol. The Kier molecular flexibility index (Phi) is 7.54. The van der Waals surface area contributed by atoms with Crippen molar-refractivity contribution < 1.29 is 26.8 Å². The molecule has 2 rings (SSSR count). The van der Waals surface area contributed by atoms with E-state index in [4.69, 9.17) is 4.74 Å². The number of amides is 1. The van der Waals surface area contributed by atoms with E-state index in [0.717, 1.165) is 12.1 Å². The molecule has 1 aromatic carbocycles. The minimum Gasteiger partial charge on any atom is -1.00 e. The topological polar surface area (TPSA) is 42.8 Å². The maximum atomic E-state index is 11.7. The number of likely N-dealkylation sites (tertiary alicyclic amines) is 1. The molecule has 4 nitrogen and oxygen atoms in total. The first-order chi connectivity index (χ1) is 9.66. The molecule has 0 unspecified atom stereocenters. The Bertz CT molecular complexity index is 439. The lowest BCUT2D eigenvalue weighted by Gasteiger charge is -2.13. The lowest BCUT2D eigenvalue weighted by Crippen LogP contribution is -3.10. The Morgan fingerprint density at radius 3 is 2.48 bits per heavy atom. The first kappa shape index (κ1) is 17.8. The molecule has 0 saturated carbocycles. The van der Waals surface area contributed by atoms with Gasteiger partial charge in [-0.2, -0.15) is 0 Å². The molecule has 5 heteroatoms. The zero-order valence-electron chi connectivity index (χ0n) is 12.9. The number of ether oxygens (including phenoxy) is 1. The molecule has 1 aliphatic heterocycles. The van der Waals surface area contributed by atoms with Crippen molar-refractivity contribution in [1.29, 1.82) is 0 Å². The van der Waals surface area contributed by atoms with E-state index < -0.39 is 0 Å². The monoisotopic (exact) mass is 312 g/mol. The number of hydrogen-bond donors (Lipinski definition) is 2. The number of alkyl carbamates (subject to hydrolysis) is 1. The van der Waals surface area contributed by atoms with Crippen molar-refractivity contribution in [2.24, 2.45) is 0 Å². The Morgan fingerprint density at radius 1 is 1.24 bits per heavy atom. The Morgan fingerprint density at radius 2 is 1.86 bits per heavy atom. The molecule has 1 aromatic rings. The van der Waals surface area contributed by atoms with Crippen LogP contribution in [0.25, 0.3) is 0 Å². The maximum Gasteiger partial charge on any atom is 0.407 e. The summed E-state index contributed by atoms with van der Waals surface area (Å²) >= 11 is 0. The van der Waals surface area contributed by atoms with Crippen LogP contribution in [0.5, 0.6) is 0 Å². The van der Waals surface area contributed by atoms with Crippen LogP contribution in [0.4, 0.5) is 4.79 Å². The summed E-state index contributed by atoms with van der Waals surface area (Å²) < 4.78 is 5.30. The van der Waals surface area contributed by atoms with Gasteiger partial charge in [0, 0.05) is 12.8 Å². The molecule has 21 heavy (non-hydrogen) atoms. The van der Waals surface area contributed by atoms with Gasteiger partial charge in [0.25, 0.3) is 0 Å². The molecule has 0 atom stereocenters. The number of carbonyl (C=O) groups is 1. The predicted molar refractivity (Wildman–Crippen MR) is 78.9 cm³/mol. The van der Waals surface area contributed by atoms with Gasteiger partial charge in [0.15, 0.2) is 0 Å². The summed E-state index contributed by atoms with van der Waals surface area (Å²) in [5.74, 6) is 0.